The van der Waals surface area contributed by atoms with Gasteiger partial charge in [-0.25, -0.2) is 0 Å². The van der Waals surface area contributed by atoms with Crippen LogP contribution in [0.2, 0.25) is 0 Å². The summed E-state index contributed by atoms with van der Waals surface area (Å²) in [6.45, 7) is 7.14. The second-order valence-corrected chi connectivity index (χ2v) is 14.6. The van der Waals surface area contributed by atoms with E-state index in [1.807, 2.05) is 0 Å². The van der Waals surface area contributed by atoms with Crippen LogP contribution in [-0.4, -0.2) is 92.3 Å². The third-order valence-electron chi connectivity index (χ3n) is 10.2. The predicted octanol–water partition coefficient (Wildman–Crippen LogP) is 5.22. The van der Waals surface area contributed by atoms with Gasteiger partial charge < -0.3 is 29.2 Å². The second-order valence-electron chi connectivity index (χ2n) is 14.2. The Kier molecular flexibility index (Phi) is 12.2. The Balaban J connectivity index is 0.893. The van der Waals surface area contributed by atoms with E-state index in [2.05, 4.69) is 5.32 Å². The Morgan fingerprint density at radius 3 is 2.12 bits per heavy atom. The molecule has 2 amide bonds. The van der Waals surface area contributed by atoms with Gasteiger partial charge in [-0.3, -0.25) is 14.5 Å². The number of carbonyl (C=O) groups is 2. The largest absolute Gasteiger partial charge is 0.417 e. The molecule has 6 rings (SSSR count). The van der Waals surface area contributed by atoms with Crippen molar-refractivity contribution < 1.29 is 41.7 Å². The molecule has 0 aromatic heterocycles. The molecule has 49 heavy (non-hydrogen) atoms. The molecule has 14 heteroatoms. The number of amides is 2. The van der Waals surface area contributed by atoms with Gasteiger partial charge >= 0.3 is 6.18 Å². The van der Waals surface area contributed by atoms with Gasteiger partial charge in [0, 0.05) is 19.5 Å². The predicted molar refractivity (Wildman–Crippen MR) is 179 cm³/mol. The van der Waals surface area contributed by atoms with Crippen LogP contribution in [0.5, 0.6) is 0 Å². The van der Waals surface area contributed by atoms with Crippen molar-refractivity contribution in [2.24, 2.45) is 17.8 Å². The number of alkyl halides is 3. The van der Waals surface area contributed by atoms with Gasteiger partial charge in [0.2, 0.25) is 5.91 Å². The number of hydrogen-bond acceptors (Lipinski definition) is 8. The van der Waals surface area contributed by atoms with Crippen LogP contribution in [0.15, 0.2) is 18.2 Å². The summed E-state index contributed by atoms with van der Waals surface area (Å²) in [5.41, 5.74) is -2.77. The molecule has 4 bridgehead atoms. The first-order valence-electron chi connectivity index (χ1n) is 17.2. The molecule has 1 aromatic rings. The SMILES string of the molecule is CC1(C)C(=O)N(c2ccc(C#N)c(C(F)(F)F)c2)C(=S)N1CCCC(=O)NCCOCCOCCOCCOC12CC3CC(CC(C3)C1)C2. The monoisotopic (exact) mass is 708 g/mol. The molecular weight excluding hydrogens is 661 g/mol. The van der Waals surface area contributed by atoms with E-state index in [0.29, 0.717) is 59.2 Å². The molecule has 5 fully saturated rings. The van der Waals surface area contributed by atoms with Crippen LogP contribution in [0.25, 0.3) is 0 Å². The maximum atomic E-state index is 13.5. The highest BCUT2D eigenvalue weighted by molar-refractivity contribution is 7.80. The van der Waals surface area contributed by atoms with E-state index in [-0.39, 0.29) is 35.3 Å². The van der Waals surface area contributed by atoms with Crippen LogP contribution in [0, 0.1) is 29.1 Å². The Hall–Kier alpha value is -2.83. The minimum atomic E-state index is -4.77. The van der Waals surface area contributed by atoms with Crippen molar-refractivity contribution in [2.75, 3.05) is 64.2 Å². The summed E-state index contributed by atoms with van der Waals surface area (Å²) in [5.74, 6) is 1.92. The normalized spacial score (nSPS) is 25.7. The van der Waals surface area contributed by atoms with Gasteiger partial charge in [-0.1, -0.05) is 0 Å². The first-order chi connectivity index (χ1) is 23.3. The van der Waals surface area contributed by atoms with Crippen LogP contribution in [0.1, 0.15) is 76.3 Å². The van der Waals surface area contributed by atoms with Crippen molar-refractivity contribution in [2.45, 2.75) is 82.5 Å². The zero-order chi connectivity index (χ0) is 35.2. The van der Waals surface area contributed by atoms with Gasteiger partial charge in [-0.05, 0) is 107 Å². The molecule has 5 aliphatic rings. The van der Waals surface area contributed by atoms with Gasteiger partial charge in [0.1, 0.15) is 5.54 Å². The second kappa shape index (κ2) is 16.0. The van der Waals surface area contributed by atoms with Crippen molar-refractivity contribution in [1.29, 1.82) is 5.26 Å². The highest BCUT2D eigenvalue weighted by atomic mass is 32.1. The van der Waals surface area contributed by atoms with Crippen molar-refractivity contribution in [3.05, 3.63) is 29.3 Å². The number of anilines is 1. The molecule has 0 radical (unpaired) electrons. The first kappa shape index (κ1) is 37.4. The maximum absolute atomic E-state index is 13.5. The molecule has 4 saturated carbocycles. The number of carbonyl (C=O) groups excluding carboxylic acids is 2. The molecule has 1 aromatic carbocycles. The number of halogens is 3. The van der Waals surface area contributed by atoms with E-state index < -0.39 is 28.7 Å². The highest BCUT2D eigenvalue weighted by Gasteiger charge is 2.52. The molecule has 0 spiro atoms. The fourth-order valence-corrected chi connectivity index (χ4v) is 8.77. The van der Waals surface area contributed by atoms with Crippen LogP contribution in [-0.2, 0) is 34.7 Å². The Morgan fingerprint density at radius 2 is 1.55 bits per heavy atom. The Morgan fingerprint density at radius 1 is 0.980 bits per heavy atom. The number of nitrogens with zero attached hydrogens (tertiary/aromatic N) is 3. The van der Waals surface area contributed by atoms with Gasteiger partial charge in [0.05, 0.1) is 74.7 Å². The van der Waals surface area contributed by atoms with Gasteiger partial charge in [0.25, 0.3) is 5.91 Å². The minimum absolute atomic E-state index is 0.0388. The number of hydrogen-bond donors (Lipinski definition) is 1. The molecule has 1 aliphatic heterocycles. The third kappa shape index (κ3) is 9.10. The van der Waals surface area contributed by atoms with Crippen LogP contribution in [0.4, 0.5) is 18.9 Å². The number of benzene rings is 1. The number of rotatable bonds is 18. The Labute approximate surface area is 291 Å². The summed E-state index contributed by atoms with van der Waals surface area (Å²) >= 11 is 5.49. The van der Waals surface area contributed by atoms with Crippen molar-refractivity contribution in [3.63, 3.8) is 0 Å². The Bertz CT molecular complexity index is 1360. The van der Waals surface area contributed by atoms with Crippen molar-refractivity contribution in [1.82, 2.24) is 10.2 Å². The molecule has 0 atom stereocenters. The fourth-order valence-electron chi connectivity index (χ4n) is 8.26. The molecule has 270 valence electrons. The lowest BCUT2D eigenvalue weighted by atomic mass is 9.54. The average molecular weight is 709 g/mol. The van der Waals surface area contributed by atoms with E-state index in [1.165, 1.54) is 50.7 Å². The summed E-state index contributed by atoms with van der Waals surface area (Å²) in [4.78, 5) is 28.3. The molecule has 1 N–H and O–H groups in total. The van der Waals surface area contributed by atoms with Crippen molar-refractivity contribution >= 4 is 34.8 Å². The van der Waals surface area contributed by atoms with E-state index in [9.17, 15) is 22.8 Å². The quantitative estimate of drug-likeness (QED) is 0.162. The lowest BCUT2D eigenvalue weighted by molar-refractivity contribution is -0.169. The van der Waals surface area contributed by atoms with Crippen LogP contribution in [0.3, 0.4) is 0 Å². The highest BCUT2D eigenvalue weighted by Crippen LogP contribution is 2.57. The molecule has 0 unspecified atom stereocenters. The minimum Gasteiger partial charge on any atom is -0.377 e. The van der Waals surface area contributed by atoms with E-state index in [1.54, 1.807) is 18.7 Å². The molecule has 4 aliphatic carbocycles. The summed E-state index contributed by atoms with van der Waals surface area (Å²) in [7, 11) is 0. The van der Waals surface area contributed by atoms with E-state index in [0.717, 1.165) is 34.8 Å². The fraction of sp³-hybridized carbons (Fsp3) is 0.714. The van der Waals surface area contributed by atoms with E-state index in [4.69, 9.17) is 36.4 Å². The van der Waals surface area contributed by atoms with E-state index >= 15 is 0 Å². The van der Waals surface area contributed by atoms with Crippen molar-refractivity contribution in [3.8, 4) is 6.07 Å². The summed E-state index contributed by atoms with van der Waals surface area (Å²) < 4.78 is 63.7. The standard InChI is InChI=1S/C35H47F3N4O6S/c1-33(2)31(44)42(28-6-5-27(23-39)29(19-28)35(36,37)38)32(49)41(33)8-3-4-30(43)40-7-9-45-10-11-46-12-13-47-14-15-48-34-20-24-16-25(21-34)18-26(17-24)22-34/h5-6,19,24-26H,3-4,7-18,20-22H2,1-2H3,(H,40,43). The number of nitriles is 1. The molecule has 10 nitrogen and oxygen atoms in total. The zero-order valence-corrected chi connectivity index (χ0v) is 29.1. The van der Waals surface area contributed by atoms with Gasteiger partial charge in [0.15, 0.2) is 5.11 Å². The number of thiocarbonyl (C=S) groups is 1. The number of ether oxygens (including phenoxy) is 4. The lowest BCUT2D eigenvalue weighted by Gasteiger charge is -2.56. The average Bonchev–Trinajstić information content (AvgIpc) is 3.20. The zero-order valence-electron chi connectivity index (χ0n) is 28.3. The summed E-state index contributed by atoms with van der Waals surface area (Å²) in [6, 6.07) is 4.59. The van der Waals surface area contributed by atoms with Crippen LogP contribution < -0.4 is 10.2 Å². The topological polar surface area (TPSA) is 113 Å². The molecular formula is C35H47F3N4O6S. The van der Waals surface area contributed by atoms with Crippen LogP contribution >= 0.6 is 12.2 Å². The third-order valence-corrected chi connectivity index (χ3v) is 10.6. The summed E-state index contributed by atoms with van der Waals surface area (Å²) in [6.07, 6.45) is 3.65. The van der Waals surface area contributed by atoms with Gasteiger partial charge in [-0.15, -0.1) is 0 Å². The smallest absolute Gasteiger partial charge is 0.377 e. The molecule has 1 saturated heterocycles. The maximum Gasteiger partial charge on any atom is 0.417 e. The first-order valence-corrected chi connectivity index (χ1v) is 17.7. The summed E-state index contributed by atoms with van der Waals surface area (Å²) in [5, 5.41) is 11.9. The number of nitrogens with one attached hydrogen (secondary N) is 1. The van der Waals surface area contributed by atoms with Gasteiger partial charge in [-0.2, -0.15) is 18.4 Å². The molecule has 1 heterocycles. The lowest BCUT2D eigenvalue weighted by Crippen LogP contribution is -2.52.